The van der Waals surface area contributed by atoms with E-state index in [0.717, 1.165) is 0 Å². The van der Waals surface area contributed by atoms with Crippen LogP contribution in [0.25, 0.3) is 11.1 Å². The van der Waals surface area contributed by atoms with Crippen LogP contribution in [-0.4, -0.2) is 46.7 Å². The van der Waals surface area contributed by atoms with Crippen molar-refractivity contribution in [3.05, 3.63) is 42.5 Å². The second-order valence-electron chi connectivity index (χ2n) is 6.99. The third kappa shape index (κ3) is 4.03. The number of anilines is 2. The van der Waals surface area contributed by atoms with Gasteiger partial charge in [0.25, 0.3) is 0 Å². The molecule has 2 aromatic rings. The molecule has 0 spiro atoms. The fraction of sp³-hybridized carbons (Fsp3) is 0.333. The Morgan fingerprint density at radius 1 is 1.13 bits per heavy atom. The number of fused-ring (bicyclic) bond motifs is 1. The molecule has 0 unspecified atom stereocenters. The summed E-state index contributed by atoms with van der Waals surface area (Å²) >= 11 is 0. The predicted octanol–water partition coefficient (Wildman–Crippen LogP) is 2.98. The van der Waals surface area contributed by atoms with Crippen LogP contribution in [0.15, 0.2) is 47.4 Å². The summed E-state index contributed by atoms with van der Waals surface area (Å²) in [6.07, 6.45) is -0.488. The number of hydrogen-bond acceptors (Lipinski definition) is 5. The number of nitrogens with zero attached hydrogens (tertiary/aromatic N) is 2. The van der Waals surface area contributed by atoms with E-state index in [-0.39, 0.29) is 23.5 Å². The van der Waals surface area contributed by atoms with Crippen molar-refractivity contribution in [3.63, 3.8) is 0 Å². The Morgan fingerprint density at radius 2 is 1.83 bits per heavy atom. The molecular weight excluding hydrogens is 406 g/mol. The number of carbonyl (C=O) groups excluding carboxylic acids is 2. The highest BCUT2D eigenvalue weighted by molar-refractivity contribution is 7.89. The smallest absolute Gasteiger partial charge is 0.414 e. The average molecular weight is 432 g/mol. The molecule has 9 heteroatoms. The first-order chi connectivity index (χ1) is 14.2. The van der Waals surface area contributed by atoms with E-state index in [0.29, 0.717) is 29.0 Å². The van der Waals surface area contributed by atoms with Gasteiger partial charge < -0.3 is 9.64 Å². The summed E-state index contributed by atoms with van der Waals surface area (Å²) in [6.45, 7) is 5.62. The minimum absolute atomic E-state index is 0.123. The number of amides is 2. The maximum Gasteiger partial charge on any atom is 0.414 e. The van der Waals surface area contributed by atoms with Crippen molar-refractivity contribution in [2.45, 2.75) is 31.7 Å². The van der Waals surface area contributed by atoms with Gasteiger partial charge in [0.05, 0.1) is 28.9 Å². The SMILES string of the molecule is CCOC(=O)N1C[C@H](C)N(C(C)=O)c2ccc(-c3cccc(S(=O)(=O)NC)c3)cc21. The molecular formula is C21H25N3O5S. The second kappa shape index (κ2) is 8.45. The lowest BCUT2D eigenvalue weighted by molar-refractivity contribution is -0.117. The second-order valence-corrected chi connectivity index (χ2v) is 8.87. The van der Waals surface area contributed by atoms with Crippen molar-refractivity contribution in [2.75, 3.05) is 30.0 Å². The number of benzene rings is 2. The van der Waals surface area contributed by atoms with Gasteiger partial charge in [-0.05, 0) is 56.3 Å². The Kier molecular flexibility index (Phi) is 6.14. The van der Waals surface area contributed by atoms with E-state index in [9.17, 15) is 18.0 Å². The lowest BCUT2D eigenvalue weighted by Crippen LogP contribution is -2.51. The van der Waals surface area contributed by atoms with Crippen molar-refractivity contribution in [1.29, 1.82) is 0 Å². The van der Waals surface area contributed by atoms with Crippen LogP contribution in [0.5, 0.6) is 0 Å². The first-order valence-electron chi connectivity index (χ1n) is 9.61. The fourth-order valence-corrected chi connectivity index (χ4v) is 4.40. The maximum atomic E-state index is 12.6. The van der Waals surface area contributed by atoms with Crippen molar-refractivity contribution in [1.82, 2.24) is 4.72 Å². The summed E-state index contributed by atoms with van der Waals surface area (Å²) in [5, 5.41) is 0. The van der Waals surface area contributed by atoms with Gasteiger partial charge in [0.1, 0.15) is 0 Å². The molecule has 8 nitrogen and oxygen atoms in total. The average Bonchev–Trinajstić information content (AvgIpc) is 2.72. The number of rotatable bonds is 4. The van der Waals surface area contributed by atoms with E-state index >= 15 is 0 Å². The quantitative estimate of drug-likeness (QED) is 0.803. The van der Waals surface area contributed by atoms with E-state index in [1.54, 1.807) is 48.2 Å². The molecule has 3 rings (SSSR count). The van der Waals surface area contributed by atoms with E-state index in [1.807, 2.05) is 6.92 Å². The largest absolute Gasteiger partial charge is 0.449 e. The maximum absolute atomic E-state index is 12.6. The first-order valence-corrected chi connectivity index (χ1v) is 11.1. The molecule has 2 amide bonds. The van der Waals surface area contributed by atoms with Crippen LogP contribution in [0, 0.1) is 0 Å². The van der Waals surface area contributed by atoms with Gasteiger partial charge in [-0.25, -0.2) is 17.9 Å². The van der Waals surface area contributed by atoms with Crippen LogP contribution >= 0.6 is 0 Å². The first kappa shape index (κ1) is 21.8. The molecule has 0 saturated heterocycles. The molecule has 2 aromatic carbocycles. The molecule has 0 radical (unpaired) electrons. The number of ether oxygens (including phenoxy) is 1. The van der Waals surface area contributed by atoms with Crippen LogP contribution in [0.2, 0.25) is 0 Å². The highest BCUT2D eigenvalue weighted by Crippen LogP contribution is 2.39. The molecule has 0 saturated carbocycles. The summed E-state index contributed by atoms with van der Waals surface area (Å²) in [4.78, 5) is 28.1. The molecule has 0 aromatic heterocycles. The standard InChI is InChI=1S/C21H25N3O5S/c1-5-29-21(26)23-13-14(2)24(15(3)25)19-10-9-17(12-20(19)23)16-7-6-8-18(11-16)30(27,28)22-4/h6-12,14,22H,5,13H2,1-4H3/t14-/m0/s1. The summed E-state index contributed by atoms with van der Waals surface area (Å²) in [5.41, 5.74) is 2.54. The number of carbonyl (C=O) groups is 2. The summed E-state index contributed by atoms with van der Waals surface area (Å²) in [7, 11) is -2.24. The van der Waals surface area contributed by atoms with Crippen LogP contribution < -0.4 is 14.5 Å². The Bertz CT molecular complexity index is 1080. The minimum Gasteiger partial charge on any atom is -0.449 e. The fourth-order valence-electron chi connectivity index (χ4n) is 3.62. The summed E-state index contributed by atoms with van der Waals surface area (Å²) in [5.74, 6) is -0.123. The number of sulfonamides is 1. The highest BCUT2D eigenvalue weighted by atomic mass is 32.2. The van der Waals surface area contributed by atoms with Crippen LogP contribution in [0.1, 0.15) is 20.8 Å². The number of hydrogen-bond donors (Lipinski definition) is 1. The van der Waals surface area contributed by atoms with Gasteiger partial charge in [-0.15, -0.1) is 0 Å². The molecule has 1 aliphatic heterocycles. The molecule has 30 heavy (non-hydrogen) atoms. The lowest BCUT2D eigenvalue weighted by Gasteiger charge is -2.40. The van der Waals surface area contributed by atoms with Crippen LogP contribution in [0.4, 0.5) is 16.2 Å². The highest BCUT2D eigenvalue weighted by Gasteiger charge is 2.34. The van der Waals surface area contributed by atoms with Gasteiger partial charge in [0, 0.05) is 13.5 Å². The van der Waals surface area contributed by atoms with Gasteiger partial charge in [-0.1, -0.05) is 18.2 Å². The predicted molar refractivity (Wildman–Crippen MR) is 115 cm³/mol. The lowest BCUT2D eigenvalue weighted by atomic mass is 10.0. The third-order valence-corrected chi connectivity index (χ3v) is 6.40. The Hall–Kier alpha value is -2.91. The molecule has 1 aliphatic rings. The molecule has 1 atom stereocenters. The molecule has 0 bridgehead atoms. The zero-order chi connectivity index (χ0) is 22.1. The molecule has 160 valence electrons. The Morgan fingerprint density at radius 3 is 2.47 bits per heavy atom. The molecule has 0 aliphatic carbocycles. The monoisotopic (exact) mass is 431 g/mol. The van der Waals surface area contributed by atoms with Gasteiger partial charge in [0.15, 0.2) is 0 Å². The zero-order valence-electron chi connectivity index (χ0n) is 17.4. The van der Waals surface area contributed by atoms with Crippen molar-refractivity contribution in [2.24, 2.45) is 0 Å². The van der Waals surface area contributed by atoms with Gasteiger partial charge in [0.2, 0.25) is 15.9 Å². The van der Waals surface area contributed by atoms with Crippen molar-refractivity contribution in [3.8, 4) is 11.1 Å². The Labute approximate surface area is 176 Å². The van der Waals surface area contributed by atoms with E-state index in [1.165, 1.54) is 24.9 Å². The number of nitrogens with one attached hydrogen (secondary N) is 1. The van der Waals surface area contributed by atoms with Gasteiger partial charge in [-0.2, -0.15) is 0 Å². The molecule has 1 N–H and O–H groups in total. The minimum atomic E-state index is -3.59. The Balaban J connectivity index is 2.14. The normalized spacial score (nSPS) is 16.2. The zero-order valence-corrected chi connectivity index (χ0v) is 18.2. The van der Waals surface area contributed by atoms with Crippen LogP contribution in [0.3, 0.4) is 0 Å². The van der Waals surface area contributed by atoms with E-state index in [4.69, 9.17) is 4.74 Å². The summed E-state index contributed by atoms with van der Waals surface area (Å²) < 4.78 is 31.8. The summed E-state index contributed by atoms with van der Waals surface area (Å²) in [6, 6.07) is 11.7. The van der Waals surface area contributed by atoms with Crippen LogP contribution in [-0.2, 0) is 19.6 Å². The van der Waals surface area contributed by atoms with Crippen molar-refractivity contribution < 1.29 is 22.7 Å². The topological polar surface area (TPSA) is 96.0 Å². The molecule has 0 fully saturated rings. The van der Waals surface area contributed by atoms with Gasteiger partial charge >= 0.3 is 6.09 Å². The molecule has 1 heterocycles. The van der Waals surface area contributed by atoms with E-state index < -0.39 is 16.1 Å². The van der Waals surface area contributed by atoms with Gasteiger partial charge in [-0.3, -0.25) is 9.69 Å². The van der Waals surface area contributed by atoms with E-state index in [2.05, 4.69) is 4.72 Å². The third-order valence-electron chi connectivity index (χ3n) is 4.99. The van der Waals surface area contributed by atoms with Crippen molar-refractivity contribution >= 4 is 33.4 Å².